The van der Waals surface area contributed by atoms with Crippen LogP contribution in [0.25, 0.3) is 11.4 Å². The maximum absolute atomic E-state index is 5.84. The molecule has 0 saturated heterocycles. The Labute approximate surface area is 106 Å². The minimum atomic E-state index is -0.127. The van der Waals surface area contributed by atoms with Crippen molar-refractivity contribution in [1.82, 2.24) is 9.97 Å². The third-order valence-electron chi connectivity index (χ3n) is 3.00. The Morgan fingerprint density at radius 1 is 1.28 bits per heavy atom. The van der Waals surface area contributed by atoms with Crippen molar-refractivity contribution in [1.29, 1.82) is 0 Å². The average molecular weight is 241 g/mol. The maximum Gasteiger partial charge on any atom is 0.161 e. The molecule has 0 aliphatic carbocycles. The van der Waals surface area contributed by atoms with Crippen molar-refractivity contribution in [3.05, 3.63) is 36.0 Å². The van der Waals surface area contributed by atoms with Gasteiger partial charge in [-0.25, -0.2) is 9.97 Å². The largest absolute Gasteiger partial charge is 0.487 e. The highest BCUT2D eigenvalue weighted by Gasteiger charge is 2.30. The number of aromatic nitrogens is 2. The first kappa shape index (κ1) is 11.0. The molecule has 4 nitrogen and oxygen atoms in total. The first-order chi connectivity index (χ1) is 8.53. The molecule has 0 amide bonds. The van der Waals surface area contributed by atoms with E-state index < -0.39 is 0 Å². The highest BCUT2D eigenvalue weighted by Crippen LogP contribution is 2.36. The zero-order chi connectivity index (χ0) is 12.8. The predicted molar refractivity (Wildman–Crippen MR) is 70.3 cm³/mol. The van der Waals surface area contributed by atoms with E-state index in [0.717, 1.165) is 17.7 Å². The molecule has 92 valence electrons. The van der Waals surface area contributed by atoms with Crippen molar-refractivity contribution in [3.63, 3.8) is 0 Å². The van der Waals surface area contributed by atoms with Gasteiger partial charge in [-0.3, -0.25) is 0 Å². The standard InChI is InChI=1S/C14H15N3O/c1-14(2)8-10-7-9(3-4-11(10)18-14)13-16-6-5-12(15)17-13/h3-7H,8H2,1-2H3,(H2,15,16,17). The monoisotopic (exact) mass is 241 g/mol. The Morgan fingerprint density at radius 2 is 2.11 bits per heavy atom. The lowest BCUT2D eigenvalue weighted by atomic mass is 10.00. The smallest absolute Gasteiger partial charge is 0.161 e. The molecular weight excluding hydrogens is 226 g/mol. The molecule has 0 bridgehead atoms. The second kappa shape index (κ2) is 3.70. The molecule has 18 heavy (non-hydrogen) atoms. The molecule has 1 aliphatic heterocycles. The lowest BCUT2D eigenvalue weighted by molar-refractivity contribution is 0.138. The number of nitrogen functional groups attached to an aromatic ring is 1. The van der Waals surface area contributed by atoms with E-state index in [-0.39, 0.29) is 5.60 Å². The van der Waals surface area contributed by atoms with E-state index in [4.69, 9.17) is 10.5 Å². The molecule has 1 aromatic heterocycles. The van der Waals surface area contributed by atoms with E-state index in [1.807, 2.05) is 12.1 Å². The van der Waals surface area contributed by atoms with Gasteiger partial charge in [0.25, 0.3) is 0 Å². The Bertz CT molecular complexity index is 608. The number of hydrogen-bond donors (Lipinski definition) is 1. The fourth-order valence-corrected chi connectivity index (χ4v) is 2.26. The summed E-state index contributed by atoms with van der Waals surface area (Å²) < 4.78 is 5.84. The SMILES string of the molecule is CC1(C)Cc2cc(-c3nccc(N)n3)ccc2O1. The van der Waals surface area contributed by atoms with Gasteiger partial charge in [0, 0.05) is 18.2 Å². The summed E-state index contributed by atoms with van der Waals surface area (Å²) in [4.78, 5) is 8.47. The first-order valence-corrected chi connectivity index (χ1v) is 5.94. The number of ether oxygens (including phenoxy) is 1. The summed E-state index contributed by atoms with van der Waals surface area (Å²) in [5.41, 5.74) is 7.72. The summed E-state index contributed by atoms with van der Waals surface area (Å²) in [6.07, 6.45) is 2.57. The van der Waals surface area contributed by atoms with Gasteiger partial charge in [0.15, 0.2) is 5.82 Å². The number of benzene rings is 1. The average Bonchev–Trinajstić information content (AvgIpc) is 2.61. The van der Waals surface area contributed by atoms with E-state index in [1.54, 1.807) is 12.3 Å². The van der Waals surface area contributed by atoms with Crippen LogP contribution in [0, 0.1) is 0 Å². The number of hydrogen-bond acceptors (Lipinski definition) is 4. The van der Waals surface area contributed by atoms with Crippen LogP contribution in [0.1, 0.15) is 19.4 Å². The molecule has 0 radical (unpaired) electrons. The molecular formula is C14H15N3O. The zero-order valence-electron chi connectivity index (χ0n) is 10.5. The molecule has 4 heteroatoms. The molecule has 1 aromatic carbocycles. The third-order valence-corrected chi connectivity index (χ3v) is 3.00. The van der Waals surface area contributed by atoms with E-state index >= 15 is 0 Å². The van der Waals surface area contributed by atoms with Gasteiger partial charge in [0.1, 0.15) is 17.2 Å². The second-order valence-electron chi connectivity index (χ2n) is 5.17. The van der Waals surface area contributed by atoms with Crippen molar-refractivity contribution >= 4 is 5.82 Å². The summed E-state index contributed by atoms with van der Waals surface area (Å²) in [7, 11) is 0. The summed E-state index contributed by atoms with van der Waals surface area (Å²) in [6, 6.07) is 7.71. The van der Waals surface area contributed by atoms with Crippen LogP contribution in [0.2, 0.25) is 0 Å². The van der Waals surface area contributed by atoms with Crippen LogP contribution in [0.5, 0.6) is 5.75 Å². The lowest BCUT2D eigenvalue weighted by Gasteiger charge is -2.16. The van der Waals surface area contributed by atoms with Crippen molar-refractivity contribution < 1.29 is 4.74 Å². The number of rotatable bonds is 1. The molecule has 2 aromatic rings. The Morgan fingerprint density at radius 3 is 2.89 bits per heavy atom. The summed E-state index contributed by atoms with van der Waals surface area (Å²) in [5, 5.41) is 0. The number of fused-ring (bicyclic) bond motifs is 1. The van der Waals surface area contributed by atoms with Gasteiger partial charge in [-0.1, -0.05) is 0 Å². The number of anilines is 1. The van der Waals surface area contributed by atoms with Crippen LogP contribution in [0.4, 0.5) is 5.82 Å². The Kier molecular flexibility index (Phi) is 2.26. The van der Waals surface area contributed by atoms with Gasteiger partial charge in [-0.2, -0.15) is 0 Å². The normalized spacial score (nSPS) is 16.1. The van der Waals surface area contributed by atoms with Gasteiger partial charge in [0.2, 0.25) is 0 Å². The number of nitrogens with zero attached hydrogens (tertiary/aromatic N) is 2. The molecule has 3 rings (SSSR count). The lowest BCUT2D eigenvalue weighted by Crippen LogP contribution is -2.24. The van der Waals surface area contributed by atoms with Gasteiger partial charge in [-0.05, 0) is 43.7 Å². The Balaban J connectivity index is 2.02. The van der Waals surface area contributed by atoms with Gasteiger partial charge in [-0.15, -0.1) is 0 Å². The summed E-state index contributed by atoms with van der Waals surface area (Å²) in [6.45, 7) is 4.17. The molecule has 0 saturated carbocycles. The maximum atomic E-state index is 5.84. The highest BCUT2D eigenvalue weighted by atomic mass is 16.5. The third kappa shape index (κ3) is 1.90. The molecule has 0 unspecified atom stereocenters. The highest BCUT2D eigenvalue weighted by molar-refractivity contribution is 5.60. The quantitative estimate of drug-likeness (QED) is 0.833. The molecule has 1 aliphatic rings. The van der Waals surface area contributed by atoms with Crippen molar-refractivity contribution in [3.8, 4) is 17.1 Å². The number of nitrogens with two attached hydrogens (primary N) is 1. The molecule has 2 N–H and O–H groups in total. The van der Waals surface area contributed by atoms with Crippen LogP contribution in [-0.4, -0.2) is 15.6 Å². The van der Waals surface area contributed by atoms with E-state index in [2.05, 4.69) is 29.9 Å². The molecule has 0 fully saturated rings. The molecule has 0 atom stereocenters. The van der Waals surface area contributed by atoms with Crippen molar-refractivity contribution in [2.75, 3.05) is 5.73 Å². The van der Waals surface area contributed by atoms with Gasteiger partial charge >= 0.3 is 0 Å². The predicted octanol–water partition coefficient (Wildman–Crippen LogP) is 2.44. The zero-order valence-corrected chi connectivity index (χ0v) is 10.5. The van der Waals surface area contributed by atoms with Crippen LogP contribution in [0.3, 0.4) is 0 Å². The van der Waals surface area contributed by atoms with Crippen molar-refractivity contribution in [2.24, 2.45) is 0 Å². The van der Waals surface area contributed by atoms with Crippen LogP contribution in [-0.2, 0) is 6.42 Å². The van der Waals surface area contributed by atoms with Gasteiger partial charge in [0.05, 0.1) is 0 Å². The van der Waals surface area contributed by atoms with E-state index in [0.29, 0.717) is 11.6 Å². The minimum absolute atomic E-state index is 0.127. The minimum Gasteiger partial charge on any atom is -0.487 e. The van der Waals surface area contributed by atoms with Crippen LogP contribution >= 0.6 is 0 Å². The summed E-state index contributed by atoms with van der Waals surface area (Å²) >= 11 is 0. The first-order valence-electron chi connectivity index (χ1n) is 5.94. The van der Waals surface area contributed by atoms with Crippen LogP contribution < -0.4 is 10.5 Å². The van der Waals surface area contributed by atoms with Crippen LogP contribution in [0.15, 0.2) is 30.5 Å². The van der Waals surface area contributed by atoms with E-state index in [9.17, 15) is 0 Å². The molecule has 2 heterocycles. The van der Waals surface area contributed by atoms with Gasteiger partial charge < -0.3 is 10.5 Å². The fraction of sp³-hybridized carbons (Fsp3) is 0.286. The second-order valence-corrected chi connectivity index (χ2v) is 5.17. The summed E-state index contributed by atoms with van der Waals surface area (Å²) in [5.74, 6) is 2.09. The van der Waals surface area contributed by atoms with E-state index in [1.165, 1.54) is 5.56 Å². The Hall–Kier alpha value is -2.10. The molecule has 0 spiro atoms. The fourth-order valence-electron chi connectivity index (χ4n) is 2.26. The topological polar surface area (TPSA) is 61.0 Å². The van der Waals surface area contributed by atoms with Crippen molar-refractivity contribution in [2.45, 2.75) is 25.9 Å².